The van der Waals surface area contributed by atoms with Gasteiger partial charge in [-0.2, -0.15) is 4.52 Å². The minimum atomic E-state index is 0.203. The van der Waals surface area contributed by atoms with Crippen LogP contribution in [0.4, 0.5) is 5.82 Å². The Labute approximate surface area is 165 Å². The molecule has 0 saturated carbocycles. The highest BCUT2D eigenvalue weighted by atomic mass is 16.2. The van der Waals surface area contributed by atoms with Gasteiger partial charge in [0, 0.05) is 39.5 Å². The van der Waals surface area contributed by atoms with Crippen LogP contribution in [0, 0.1) is 0 Å². The van der Waals surface area contributed by atoms with Crippen molar-refractivity contribution in [2.45, 2.75) is 38.6 Å². The third-order valence-corrected chi connectivity index (χ3v) is 5.24. The van der Waals surface area contributed by atoms with E-state index in [9.17, 15) is 4.79 Å². The molecule has 3 heterocycles. The summed E-state index contributed by atoms with van der Waals surface area (Å²) in [6, 6.07) is 14.2. The molecule has 2 aromatic heterocycles. The quantitative estimate of drug-likeness (QED) is 0.660. The molecule has 0 spiro atoms. The van der Waals surface area contributed by atoms with Crippen LogP contribution in [0.5, 0.6) is 0 Å². The number of hydrogen-bond acceptors (Lipinski definition) is 5. The van der Waals surface area contributed by atoms with Crippen LogP contribution < -0.4 is 4.90 Å². The highest BCUT2D eigenvalue weighted by molar-refractivity contribution is 5.76. The van der Waals surface area contributed by atoms with Gasteiger partial charge in [0.1, 0.15) is 5.82 Å². The number of carbonyl (C=O) groups excluding carboxylic acids is 1. The van der Waals surface area contributed by atoms with E-state index in [1.165, 1.54) is 12.0 Å². The third kappa shape index (κ3) is 4.13. The summed E-state index contributed by atoms with van der Waals surface area (Å²) in [5, 5.41) is 13.2. The van der Waals surface area contributed by atoms with E-state index in [-0.39, 0.29) is 5.91 Å². The van der Waals surface area contributed by atoms with Crippen LogP contribution in [0.25, 0.3) is 5.65 Å². The van der Waals surface area contributed by atoms with E-state index in [1.54, 1.807) is 4.52 Å². The molecule has 0 atom stereocenters. The van der Waals surface area contributed by atoms with E-state index in [2.05, 4.69) is 27.2 Å². The Morgan fingerprint density at radius 3 is 2.61 bits per heavy atom. The molecule has 0 aliphatic carbocycles. The number of nitrogens with zero attached hydrogens (tertiary/aromatic N) is 6. The van der Waals surface area contributed by atoms with Crippen LogP contribution in [0.2, 0.25) is 0 Å². The Balaban J connectivity index is 1.46. The summed E-state index contributed by atoms with van der Waals surface area (Å²) < 4.78 is 1.76. The minimum absolute atomic E-state index is 0.203. The zero-order chi connectivity index (χ0) is 19.3. The van der Waals surface area contributed by atoms with Gasteiger partial charge in [-0.15, -0.1) is 15.3 Å². The van der Waals surface area contributed by atoms with Crippen molar-refractivity contribution in [3.8, 4) is 0 Å². The van der Waals surface area contributed by atoms with E-state index in [0.29, 0.717) is 18.5 Å². The summed E-state index contributed by atoms with van der Waals surface area (Å²) in [7, 11) is 2.02. The average molecular weight is 378 g/mol. The summed E-state index contributed by atoms with van der Waals surface area (Å²) in [6.07, 6.45) is 4.44. The fourth-order valence-electron chi connectivity index (χ4n) is 3.64. The van der Waals surface area contributed by atoms with Gasteiger partial charge in [0.2, 0.25) is 5.91 Å². The lowest BCUT2D eigenvalue weighted by atomic mass is 10.1. The summed E-state index contributed by atoms with van der Waals surface area (Å²) in [5.41, 5.74) is 1.93. The molecular weight excluding hydrogens is 352 g/mol. The second-order valence-electron chi connectivity index (χ2n) is 7.36. The van der Waals surface area contributed by atoms with Gasteiger partial charge in [0.05, 0.1) is 0 Å². The summed E-state index contributed by atoms with van der Waals surface area (Å²) in [5.74, 6) is 1.78. The third-order valence-electron chi connectivity index (χ3n) is 5.24. The molecule has 146 valence electrons. The Bertz CT molecular complexity index is 932. The number of hydrogen-bond donors (Lipinski definition) is 0. The predicted octanol–water partition coefficient (Wildman–Crippen LogP) is 2.71. The number of aromatic nitrogens is 4. The van der Waals surface area contributed by atoms with Crippen LogP contribution in [0.3, 0.4) is 0 Å². The molecule has 3 aromatic rings. The molecule has 1 fully saturated rings. The zero-order valence-electron chi connectivity index (χ0n) is 16.3. The Kier molecular flexibility index (Phi) is 5.50. The second-order valence-corrected chi connectivity index (χ2v) is 7.36. The highest BCUT2D eigenvalue weighted by Crippen LogP contribution is 2.15. The maximum atomic E-state index is 12.4. The number of amides is 1. The first-order chi connectivity index (χ1) is 13.7. The normalized spacial score (nSPS) is 14.4. The number of fused-ring (bicyclic) bond motifs is 1. The summed E-state index contributed by atoms with van der Waals surface area (Å²) >= 11 is 0. The lowest BCUT2D eigenvalue weighted by Crippen LogP contribution is -2.35. The van der Waals surface area contributed by atoms with E-state index >= 15 is 0 Å². The topological polar surface area (TPSA) is 66.6 Å². The fourth-order valence-corrected chi connectivity index (χ4v) is 3.64. The van der Waals surface area contributed by atoms with Crippen molar-refractivity contribution in [3.63, 3.8) is 0 Å². The molecule has 7 heteroatoms. The number of aryl methyl sites for hydroxylation is 1. The number of benzene rings is 1. The highest BCUT2D eigenvalue weighted by Gasteiger charge is 2.18. The monoisotopic (exact) mass is 378 g/mol. The van der Waals surface area contributed by atoms with Crippen molar-refractivity contribution >= 4 is 17.4 Å². The van der Waals surface area contributed by atoms with Gasteiger partial charge < -0.3 is 9.80 Å². The van der Waals surface area contributed by atoms with Crippen molar-refractivity contribution in [2.24, 2.45) is 0 Å². The SMILES string of the molecule is CN(Cc1ccccc1)c1ccc2nnc(CCC(=O)N3CCCCC3)n2n1. The van der Waals surface area contributed by atoms with Gasteiger partial charge in [-0.25, -0.2) is 0 Å². The van der Waals surface area contributed by atoms with Crippen molar-refractivity contribution in [2.75, 3.05) is 25.0 Å². The van der Waals surface area contributed by atoms with Gasteiger partial charge in [-0.1, -0.05) is 30.3 Å². The first kappa shape index (κ1) is 18.4. The van der Waals surface area contributed by atoms with Crippen LogP contribution in [0.1, 0.15) is 37.1 Å². The van der Waals surface area contributed by atoms with Crippen molar-refractivity contribution in [3.05, 3.63) is 53.9 Å². The van der Waals surface area contributed by atoms with E-state index < -0.39 is 0 Å². The molecule has 1 amide bonds. The molecule has 0 radical (unpaired) electrons. The summed E-state index contributed by atoms with van der Waals surface area (Å²) in [6.45, 7) is 2.53. The van der Waals surface area contributed by atoms with Crippen molar-refractivity contribution in [1.82, 2.24) is 24.7 Å². The van der Waals surface area contributed by atoms with Crippen LogP contribution in [-0.4, -0.2) is 50.8 Å². The maximum Gasteiger partial charge on any atom is 0.223 e. The lowest BCUT2D eigenvalue weighted by Gasteiger charge is -2.26. The van der Waals surface area contributed by atoms with Gasteiger partial charge in [-0.3, -0.25) is 4.79 Å². The Morgan fingerprint density at radius 2 is 1.82 bits per heavy atom. The number of carbonyl (C=O) groups is 1. The van der Waals surface area contributed by atoms with Gasteiger partial charge in [0.25, 0.3) is 0 Å². The Morgan fingerprint density at radius 1 is 1.04 bits per heavy atom. The number of piperidine rings is 1. The smallest absolute Gasteiger partial charge is 0.223 e. The molecule has 0 unspecified atom stereocenters. The predicted molar refractivity (Wildman–Crippen MR) is 108 cm³/mol. The first-order valence-electron chi connectivity index (χ1n) is 9.95. The van der Waals surface area contributed by atoms with E-state index in [1.807, 2.05) is 42.3 Å². The standard InChI is InChI=1S/C21H26N6O/c1-25(16-17-8-4-2-5-9-17)20-11-10-18-22-23-19(27(18)24-20)12-13-21(28)26-14-6-3-7-15-26/h2,4-5,8-11H,3,6-7,12-16H2,1H3. The molecule has 28 heavy (non-hydrogen) atoms. The van der Waals surface area contributed by atoms with E-state index in [0.717, 1.165) is 44.1 Å². The van der Waals surface area contributed by atoms with Crippen molar-refractivity contribution < 1.29 is 4.79 Å². The molecule has 1 aliphatic rings. The molecule has 4 rings (SSSR count). The van der Waals surface area contributed by atoms with Crippen molar-refractivity contribution in [1.29, 1.82) is 0 Å². The molecule has 1 aliphatic heterocycles. The van der Waals surface area contributed by atoms with Gasteiger partial charge in [-0.05, 0) is 37.0 Å². The largest absolute Gasteiger partial charge is 0.354 e. The lowest BCUT2D eigenvalue weighted by molar-refractivity contribution is -0.132. The first-order valence-corrected chi connectivity index (χ1v) is 9.95. The zero-order valence-corrected chi connectivity index (χ0v) is 16.3. The van der Waals surface area contributed by atoms with Crippen LogP contribution in [0.15, 0.2) is 42.5 Å². The second kappa shape index (κ2) is 8.37. The van der Waals surface area contributed by atoms with Gasteiger partial charge in [0.15, 0.2) is 11.5 Å². The molecule has 7 nitrogen and oxygen atoms in total. The fraction of sp³-hybridized carbons (Fsp3) is 0.429. The number of anilines is 1. The molecule has 0 N–H and O–H groups in total. The van der Waals surface area contributed by atoms with Gasteiger partial charge >= 0.3 is 0 Å². The average Bonchev–Trinajstić information content (AvgIpc) is 3.15. The molecule has 1 aromatic carbocycles. The molecular formula is C21H26N6O. The van der Waals surface area contributed by atoms with E-state index in [4.69, 9.17) is 5.10 Å². The summed E-state index contributed by atoms with van der Waals surface area (Å²) in [4.78, 5) is 16.5. The van der Waals surface area contributed by atoms with Crippen LogP contribution >= 0.6 is 0 Å². The Hall–Kier alpha value is -2.96. The number of likely N-dealkylation sites (tertiary alicyclic amines) is 1. The number of rotatable bonds is 6. The molecule has 0 bridgehead atoms. The van der Waals surface area contributed by atoms with Crippen LogP contribution in [-0.2, 0) is 17.8 Å². The molecule has 1 saturated heterocycles. The minimum Gasteiger partial charge on any atom is -0.354 e. The maximum absolute atomic E-state index is 12.4.